The Labute approximate surface area is 101 Å². The third kappa shape index (κ3) is 1.99. The van der Waals surface area contributed by atoms with Crippen LogP contribution in [0.2, 0.25) is 0 Å². The Kier molecular flexibility index (Phi) is 2.92. The van der Waals surface area contributed by atoms with Gasteiger partial charge in [0, 0.05) is 13.2 Å². The van der Waals surface area contributed by atoms with Gasteiger partial charge in [-0.1, -0.05) is 0 Å². The van der Waals surface area contributed by atoms with Crippen LogP contribution in [0.5, 0.6) is 0 Å². The normalized spacial score (nSPS) is 15.2. The smallest absolute Gasteiger partial charge is 0.272 e. The van der Waals surface area contributed by atoms with Gasteiger partial charge in [-0.3, -0.25) is 19.9 Å². The van der Waals surface area contributed by atoms with E-state index in [2.05, 4.69) is 10.4 Å². The summed E-state index contributed by atoms with van der Waals surface area (Å²) >= 11 is 0. The van der Waals surface area contributed by atoms with Crippen molar-refractivity contribution in [2.24, 2.45) is 0 Å². The molecule has 0 aliphatic carbocycles. The molecular weight excluding hydrogens is 243 g/mol. The van der Waals surface area contributed by atoms with Gasteiger partial charge in [-0.15, -0.1) is 0 Å². The number of hydrogen-bond donors (Lipinski definition) is 1. The Morgan fingerprint density at radius 3 is 2.78 bits per heavy atom. The summed E-state index contributed by atoms with van der Waals surface area (Å²) in [5.41, 5.74) is 1.69. The highest BCUT2D eigenvalue weighted by Gasteiger charge is 2.34. The summed E-state index contributed by atoms with van der Waals surface area (Å²) < 4.78 is 13.3. The monoisotopic (exact) mass is 252 g/mol. The van der Waals surface area contributed by atoms with Crippen molar-refractivity contribution in [2.45, 2.75) is 0 Å². The molecule has 0 radical (unpaired) electrons. The number of hydrazine groups is 1. The summed E-state index contributed by atoms with van der Waals surface area (Å²) in [6.07, 6.45) is 1.25. The minimum atomic E-state index is -0.885. The number of nitrogens with one attached hydrogen (secondary N) is 1. The van der Waals surface area contributed by atoms with E-state index >= 15 is 0 Å². The van der Waals surface area contributed by atoms with Crippen LogP contribution in [0.4, 0.5) is 9.18 Å². The number of nitrogens with zero attached hydrogens (tertiary/aromatic N) is 3. The molecular formula is C10H9FN4O3. The fraction of sp³-hybridized carbons (Fsp3) is 0.200. The fourth-order valence-corrected chi connectivity index (χ4v) is 1.41. The SMILES string of the molecule is CN1C(=O)CN(NC(=O)c2ncccc2F)C1=O. The number of likely N-dealkylation sites (N-methyl/N-ethyl adjacent to an activating group) is 1. The molecule has 7 nitrogen and oxygen atoms in total. The van der Waals surface area contributed by atoms with E-state index in [1.54, 1.807) is 0 Å². The van der Waals surface area contributed by atoms with Crippen LogP contribution < -0.4 is 5.43 Å². The van der Waals surface area contributed by atoms with Gasteiger partial charge in [-0.25, -0.2) is 19.2 Å². The van der Waals surface area contributed by atoms with E-state index in [0.717, 1.165) is 16.0 Å². The Balaban J connectivity index is 2.12. The minimum Gasteiger partial charge on any atom is -0.272 e. The maximum Gasteiger partial charge on any atom is 0.345 e. The van der Waals surface area contributed by atoms with Gasteiger partial charge >= 0.3 is 6.03 Å². The van der Waals surface area contributed by atoms with Crippen LogP contribution in [-0.4, -0.2) is 46.3 Å². The maximum atomic E-state index is 13.3. The van der Waals surface area contributed by atoms with Crippen LogP contribution in [0.1, 0.15) is 10.5 Å². The molecule has 0 saturated carbocycles. The fourth-order valence-electron chi connectivity index (χ4n) is 1.41. The Hall–Kier alpha value is -2.51. The van der Waals surface area contributed by atoms with Crippen LogP contribution >= 0.6 is 0 Å². The molecule has 2 heterocycles. The topological polar surface area (TPSA) is 82.6 Å². The van der Waals surface area contributed by atoms with E-state index in [0.29, 0.717) is 0 Å². The second-order valence-corrected chi connectivity index (χ2v) is 3.60. The molecule has 0 aromatic carbocycles. The van der Waals surface area contributed by atoms with Crippen LogP contribution in [0.25, 0.3) is 0 Å². The van der Waals surface area contributed by atoms with Crippen molar-refractivity contribution in [2.75, 3.05) is 13.6 Å². The molecule has 2 rings (SSSR count). The number of carbonyl (C=O) groups excluding carboxylic acids is 3. The van der Waals surface area contributed by atoms with Crippen LogP contribution in [0, 0.1) is 5.82 Å². The van der Waals surface area contributed by atoms with Crippen molar-refractivity contribution >= 4 is 17.8 Å². The molecule has 1 aliphatic rings. The second-order valence-electron chi connectivity index (χ2n) is 3.60. The summed E-state index contributed by atoms with van der Waals surface area (Å²) in [5.74, 6) is -2.15. The largest absolute Gasteiger partial charge is 0.345 e. The molecule has 4 amide bonds. The molecule has 8 heteroatoms. The standard InChI is InChI=1S/C10H9FN4O3/c1-14-7(16)5-15(10(14)18)13-9(17)8-6(11)3-2-4-12-8/h2-4H,5H2,1H3,(H,13,17). The summed E-state index contributed by atoms with van der Waals surface area (Å²) in [6, 6.07) is 1.74. The number of aromatic nitrogens is 1. The molecule has 1 saturated heterocycles. The highest BCUT2D eigenvalue weighted by molar-refractivity contribution is 6.03. The molecule has 1 fully saturated rings. The van der Waals surface area contributed by atoms with Crippen molar-refractivity contribution in [3.63, 3.8) is 0 Å². The van der Waals surface area contributed by atoms with Crippen molar-refractivity contribution in [3.8, 4) is 0 Å². The summed E-state index contributed by atoms with van der Waals surface area (Å²) in [5, 5.41) is 0.804. The average molecular weight is 252 g/mol. The van der Waals surface area contributed by atoms with Gasteiger partial charge in [0.1, 0.15) is 6.54 Å². The van der Waals surface area contributed by atoms with Crippen LogP contribution in [-0.2, 0) is 4.79 Å². The number of urea groups is 1. The zero-order valence-corrected chi connectivity index (χ0v) is 9.38. The molecule has 0 unspecified atom stereocenters. The van der Waals surface area contributed by atoms with E-state index in [1.165, 1.54) is 19.3 Å². The average Bonchev–Trinajstić information content (AvgIpc) is 2.57. The minimum absolute atomic E-state index is 0.282. The van der Waals surface area contributed by atoms with Crippen molar-refractivity contribution < 1.29 is 18.8 Å². The lowest BCUT2D eigenvalue weighted by atomic mass is 10.3. The molecule has 1 aliphatic heterocycles. The van der Waals surface area contributed by atoms with Gasteiger partial charge in [0.15, 0.2) is 11.5 Å². The summed E-state index contributed by atoms with van der Waals surface area (Å²) in [6.45, 7) is -0.282. The first-order valence-electron chi connectivity index (χ1n) is 5.00. The zero-order chi connectivity index (χ0) is 13.3. The molecule has 1 N–H and O–H groups in total. The van der Waals surface area contributed by atoms with Gasteiger partial charge in [0.05, 0.1) is 0 Å². The van der Waals surface area contributed by atoms with Crippen LogP contribution in [0.3, 0.4) is 0 Å². The highest BCUT2D eigenvalue weighted by Crippen LogP contribution is 2.07. The van der Waals surface area contributed by atoms with Gasteiger partial charge < -0.3 is 0 Å². The van der Waals surface area contributed by atoms with Gasteiger partial charge in [-0.05, 0) is 12.1 Å². The van der Waals surface area contributed by atoms with E-state index < -0.39 is 29.4 Å². The number of carbonyl (C=O) groups is 3. The number of pyridine rings is 1. The Morgan fingerprint density at radius 2 is 2.22 bits per heavy atom. The lowest BCUT2D eigenvalue weighted by molar-refractivity contribution is -0.124. The predicted molar refractivity (Wildman–Crippen MR) is 56.5 cm³/mol. The zero-order valence-electron chi connectivity index (χ0n) is 9.38. The summed E-state index contributed by atoms with van der Waals surface area (Å²) in [7, 11) is 1.29. The molecule has 94 valence electrons. The van der Waals surface area contributed by atoms with Crippen molar-refractivity contribution in [3.05, 3.63) is 29.8 Å². The first-order valence-corrected chi connectivity index (χ1v) is 5.00. The van der Waals surface area contributed by atoms with Gasteiger partial charge in [-0.2, -0.15) is 0 Å². The van der Waals surface area contributed by atoms with E-state index in [1.807, 2.05) is 0 Å². The van der Waals surface area contributed by atoms with E-state index in [-0.39, 0.29) is 6.54 Å². The van der Waals surface area contributed by atoms with Crippen molar-refractivity contribution in [1.82, 2.24) is 20.3 Å². The first-order chi connectivity index (χ1) is 8.50. The molecule has 0 atom stereocenters. The number of amides is 4. The van der Waals surface area contributed by atoms with E-state index in [4.69, 9.17) is 0 Å². The quantitative estimate of drug-likeness (QED) is 0.736. The molecule has 1 aromatic rings. The number of rotatable bonds is 2. The number of halogens is 1. The maximum absolute atomic E-state index is 13.3. The molecule has 0 spiro atoms. The van der Waals surface area contributed by atoms with Crippen LogP contribution in [0.15, 0.2) is 18.3 Å². The second kappa shape index (κ2) is 4.40. The lowest BCUT2D eigenvalue weighted by Crippen LogP contribution is -2.44. The Morgan fingerprint density at radius 1 is 1.50 bits per heavy atom. The predicted octanol–water partition coefficient (Wildman–Crippen LogP) is -0.240. The van der Waals surface area contributed by atoms with E-state index in [9.17, 15) is 18.8 Å². The molecule has 1 aromatic heterocycles. The highest BCUT2D eigenvalue weighted by atomic mass is 19.1. The summed E-state index contributed by atoms with van der Waals surface area (Å²) in [4.78, 5) is 38.7. The lowest BCUT2D eigenvalue weighted by Gasteiger charge is -2.15. The number of hydrogen-bond acceptors (Lipinski definition) is 4. The number of imide groups is 1. The third-order valence-electron chi connectivity index (χ3n) is 2.40. The third-order valence-corrected chi connectivity index (χ3v) is 2.40. The van der Waals surface area contributed by atoms with Gasteiger partial charge in [0.25, 0.3) is 11.8 Å². The molecule has 0 bridgehead atoms. The Bertz CT molecular complexity index is 534. The van der Waals surface area contributed by atoms with Gasteiger partial charge in [0.2, 0.25) is 0 Å². The molecule has 18 heavy (non-hydrogen) atoms. The van der Waals surface area contributed by atoms with Crippen molar-refractivity contribution in [1.29, 1.82) is 0 Å². The first kappa shape index (κ1) is 12.0.